The lowest BCUT2D eigenvalue weighted by Gasteiger charge is -2.34. The summed E-state index contributed by atoms with van der Waals surface area (Å²) in [5, 5.41) is 11.8. The van der Waals surface area contributed by atoms with Crippen LogP contribution in [0.1, 0.15) is 18.1 Å². The third-order valence-corrected chi connectivity index (χ3v) is 3.70. The Morgan fingerprint density at radius 3 is 2.52 bits per heavy atom. The number of rotatable bonds is 2. The highest BCUT2D eigenvalue weighted by atomic mass is 16.6. The monoisotopic (exact) mass is 316 g/mol. The molecule has 0 saturated carbocycles. The van der Waals surface area contributed by atoms with Gasteiger partial charge in [0.25, 0.3) is 0 Å². The van der Waals surface area contributed by atoms with E-state index in [-0.39, 0.29) is 12.1 Å². The largest absolute Gasteiger partial charge is 0.450 e. The molecule has 122 valence electrons. The molecule has 2 rings (SSSR count). The van der Waals surface area contributed by atoms with Crippen LogP contribution in [0.25, 0.3) is 0 Å². The number of aryl methyl sites for hydroxylation is 1. The number of nitriles is 1. The minimum absolute atomic E-state index is 0.230. The van der Waals surface area contributed by atoms with Crippen LogP contribution in [0, 0.1) is 18.3 Å². The van der Waals surface area contributed by atoms with Crippen LogP contribution in [-0.4, -0.2) is 54.7 Å². The first-order valence-electron chi connectivity index (χ1n) is 7.53. The van der Waals surface area contributed by atoms with Crippen LogP contribution < -0.4 is 5.32 Å². The number of hydrogen-bond donors (Lipinski definition) is 1. The van der Waals surface area contributed by atoms with Gasteiger partial charge < -0.3 is 19.9 Å². The van der Waals surface area contributed by atoms with Crippen LogP contribution in [0.4, 0.5) is 15.3 Å². The molecular formula is C16H20N4O3. The van der Waals surface area contributed by atoms with E-state index in [2.05, 4.69) is 11.4 Å². The molecule has 0 bridgehead atoms. The Kier molecular flexibility index (Phi) is 5.41. The number of piperazine rings is 1. The van der Waals surface area contributed by atoms with E-state index in [1.807, 2.05) is 6.92 Å². The van der Waals surface area contributed by atoms with Gasteiger partial charge in [-0.05, 0) is 31.5 Å². The number of hydrogen-bond acceptors (Lipinski definition) is 4. The van der Waals surface area contributed by atoms with Crippen LogP contribution in [0.2, 0.25) is 0 Å². The van der Waals surface area contributed by atoms with Gasteiger partial charge in [-0.2, -0.15) is 5.26 Å². The lowest BCUT2D eigenvalue weighted by molar-refractivity contribution is 0.0868. The Morgan fingerprint density at radius 1 is 1.26 bits per heavy atom. The van der Waals surface area contributed by atoms with Crippen LogP contribution in [0.15, 0.2) is 18.2 Å². The molecule has 0 spiro atoms. The predicted molar refractivity (Wildman–Crippen MR) is 85.1 cm³/mol. The first-order valence-corrected chi connectivity index (χ1v) is 7.53. The highest BCUT2D eigenvalue weighted by molar-refractivity contribution is 5.90. The van der Waals surface area contributed by atoms with E-state index in [4.69, 9.17) is 10.00 Å². The summed E-state index contributed by atoms with van der Waals surface area (Å²) in [6, 6.07) is 6.99. The number of carbonyl (C=O) groups is 2. The molecule has 0 unspecified atom stereocenters. The zero-order valence-electron chi connectivity index (χ0n) is 13.3. The van der Waals surface area contributed by atoms with E-state index in [0.717, 1.165) is 5.56 Å². The van der Waals surface area contributed by atoms with E-state index in [0.29, 0.717) is 44.0 Å². The highest BCUT2D eigenvalue weighted by Gasteiger charge is 2.25. The first kappa shape index (κ1) is 16.6. The van der Waals surface area contributed by atoms with Gasteiger partial charge in [0.05, 0.1) is 18.2 Å². The van der Waals surface area contributed by atoms with Gasteiger partial charge in [0.15, 0.2) is 0 Å². The molecule has 1 aliphatic heterocycles. The van der Waals surface area contributed by atoms with E-state index >= 15 is 0 Å². The van der Waals surface area contributed by atoms with Crippen molar-refractivity contribution in [3.8, 4) is 6.07 Å². The third-order valence-electron chi connectivity index (χ3n) is 3.70. The summed E-state index contributed by atoms with van der Waals surface area (Å²) >= 11 is 0. The quantitative estimate of drug-likeness (QED) is 0.906. The number of carbonyl (C=O) groups excluding carboxylic acids is 2. The average Bonchev–Trinajstić information content (AvgIpc) is 2.57. The van der Waals surface area contributed by atoms with Gasteiger partial charge in [-0.25, -0.2) is 9.59 Å². The lowest BCUT2D eigenvalue weighted by atomic mass is 10.1. The van der Waals surface area contributed by atoms with Crippen molar-refractivity contribution in [3.05, 3.63) is 29.3 Å². The molecule has 1 N–H and O–H groups in total. The molecule has 1 aliphatic rings. The SMILES string of the molecule is CCOC(=O)N1CCN(C(=O)Nc2cc(C#N)ccc2C)CC1. The second-order valence-corrected chi connectivity index (χ2v) is 5.24. The maximum Gasteiger partial charge on any atom is 0.409 e. The molecule has 1 saturated heterocycles. The van der Waals surface area contributed by atoms with Crippen molar-refractivity contribution in [2.75, 3.05) is 38.1 Å². The van der Waals surface area contributed by atoms with Crippen molar-refractivity contribution in [1.29, 1.82) is 5.26 Å². The average molecular weight is 316 g/mol. The smallest absolute Gasteiger partial charge is 0.409 e. The Hall–Kier alpha value is -2.75. The molecule has 0 radical (unpaired) electrons. The topological polar surface area (TPSA) is 85.7 Å². The fraction of sp³-hybridized carbons (Fsp3) is 0.438. The van der Waals surface area contributed by atoms with Gasteiger partial charge in [-0.15, -0.1) is 0 Å². The number of nitrogens with one attached hydrogen (secondary N) is 1. The number of nitrogens with zero attached hydrogens (tertiary/aromatic N) is 3. The van der Waals surface area contributed by atoms with Crippen LogP contribution in [-0.2, 0) is 4.74 Å². The van der Waals surface area contributed by atoms with Gasteiger partial charge in [-0.3, -0.25) is 0 Å². The summed E-state index contributed by atoms with van der Waals surface area (Å²) < 4.78 is 4.95. The van der Waals surface area contributed by atoms with Crippen molar-refractivity contribution >= 4 is 17.8 Å². The summed E-state index contributed by atoms with van der Waals surface area (Å²) in [6.07, 6.45) is -0.342. The van der Waals surface area contributed by atoms with E-state index in [9.17, 15) is 9.59 Å². The predicted octanol–water partition coefficient (Wildman–Crippen LogP) is 2.17. The Bertz CT molecular complexity index is 631. The van der Waals surface area contributed by atoms with Crippen LogP contribution in [0.5, 0.6) is 0 Å². The van der Waals surface area contributed by atoms with Crippen LogP contribution >= 0.6 is 0 Å². The number of ether oxygens (including phenoxy) is 1. The Labute approximate surface area is 135 Å². The minimum atomic E-state index is -0.342. The first-order chi connectivity index (χ1) is 11.0. The maximum atomic E-state index is 12.3. The molecule has 0 aromatic heterocycles. The molecule has 0 atom stereocenters. The standard InChI is InChI=1S/C16H20N4O3/c1-3-23-16(22)20-8-6-19(7-9-20)15(21)18-14-10-13(11-17)5-4-12(14)2/h4-5,10H,3,6-9H2,1-2H3,(H,18,21). The molecule has 1 aromatic carbocycles. The second-order valence-electron chi connectivity index (χ2n) is 5.24. The van der Waals surface area contributed by atoms with E-state index in [1.54, 1.807) is 34.9 Å². The van der Waals surface area contributed by atoms with Crippen molar-refractivity contribution in [2.24, 2.45) is 0 Å². The summed E-state index contributed by atoms with van der Waals surface area (Å²) in [4.78, 5) is 27.2. The fourth-order valence-electron chi connectivity index (χ4n) is 2.33. The van der Waals surface area contributed by atoms with Crippen molar-refractivity contribution < 1.29 is 14.3 Å². The molecule has 7 heteroatoms. The maximum absolute atomic E-state index is 12.3. The van der Waals surface area contributed by atoms with Gasteiger partial charge >= 0.3 is 12.1 Å². The van der Waals surface area contributed by atoms with Crippen molar-refractivity contribution in [3.63, 3.8) is 0 Å². The highest BCUT2D eigenvalue weighted by Crippen LogP contribution is 2.17. The molecule has 0 aliphatic carbocycles. The molecule has 3 amide bonds. The fourth-order valence-corrected chi connectivity index (χ4v) is 2.33. The van der Waals surface area contributed by atoms with Gasteiger partial charge in [-0.1, -0.05) is 6.07 Å². The van der Waals surface area contributed by atoms with Crippen LogP contribution in [0.3, 0.4) is 0 Å². The number of urea groups is 1. The Balaban J connectivity index is 1.93. The second kappa shape index (κ2) is 7.49. The van der Waals surface area contributed by atoms with Gasteiger partial charge in [0.2, 0.25) is 0 Å². The zero-order valence-corrected chi connectivity index (χ0v) is 13.3. The number of amides is 3. The summed E-state index contributed by atoms with van der Waals surface area (Å²) in [6.45, 7) is 5.76. The molecule has 1 fully saturated rings. The Morgan fingerprint density at radius 2 is 1.91 bits per heavy atom. The zero-order chi connectivity index (χ0) is 16.8. The summed E-state index contributed by atoms with van der Waals surface area (Å²) in [7, 11) is 0. The summed E-state index contributed by atoms with van der Waals surface area (Å²) in [5.41, 5.74) is 2.02. The normalized spacial score (nSPS) is 14.1. The van der Waals surface area contributed by atoms with E-state index < -0.39 is 0 Å². The van der Waals surface area contributed by atoms with Gasteiger partial charge in [0.1, 0.15) is 0 Å². The van der Waals surface area contributed by atoms with Gasteiger partial charge in [0, 0.05) is 31.9 Å². The molecule has 1 aromatic rings. The van der Waals surface area contributed by atoms with Crippen molar-refractivity contribution in [1.82, 2.24) is 9.80 Å². The summed E-state index contributed by atoms with van der Waals surface area (Å²) in [5.74, 6) is 0. The number of anilines is 1. The molecular weight excluding hydrogens is 296 g/mol. The van der Waals surface area contributed by atoms with E-state index in [1.165, 1.54) is 0 Å². The lowest BCUT2D eigenvalue weighted by Crippen LogP contribution is -2.51. The molecule has 23 heavy (non-hydrogen) atoms. The minimum Gasteiger partial charge on any atom is -0.450 e. The third kappa shape index (κ3) is 4.13. The molecule has 1 heterocycles. The molecule has 7 nitrogen and oxygen atoms in total. The number of benzene rings is 1. The van der Waals surface area contributed by atoms with Crippen molar-refractivity contribution in [2.45, 2.75) is 13.8 Å².